The Morgan fingerprint density at radius 3 is 2.55 bits per heavy atom. The molecule has 172 valence electrons. The molecular weight excluding hydrogens is 444 g/mol. The van der Waals surface area contributed by atoms with E-state index in [9.17, 15) is 9.90 Å². The van der Waals surface area contributed by atoms with E-state index in [1.807, 2.05) is 12.1 Å². The molecule has 0 aliphatic carbocycles. The number of aliphatic hydroxyl groups excluding tert-OH is 1. The molecular formula is C23H25ClN6O3. The number of carbonyl (C=O) groups excluding carboxylic acids is 1. The smallest absolute Gasteiger partial charge is 0.319 e. The van der Waals surface area contributed by atoms with Crippen molar-refractivity contribution in [2.24, 2.45) is 0 Å². The highest BCUT2D eigenvalue weighted by Gasteiger charge is 2.33. The van der Waals surface area contributed by atoms with Crippen molar-refractivity contribution in [3.8, 4) is 5.75 Å². The third-order valence-electron chi connectivity index (χ3n) is 5.60. The number of piperidine rings is 1. The van der Waals surface area contributed by atoms with Crippen LogP contribution in [-0.4, -0.2) is 52.3 Å². The quantitative estimate of drug-likeness (QED) is 0.509. The summed E-state index contributed by atoms with van der Waals surface area (Å²) in [6, 6.07) is 10.3. The van der Waals surface area contributed by atoms with Crippen molar-refractivity contribution in [1.82, 2.24) is 20.3 Å². The first-order chi connectivity index (χ1) is 16.1. The lowest BCUT2D eigenvalue weighted by Gasteiger charge is -2.39. The van der Waals surface area contributed by atoms with Crippen LogP contribution in [0.4, 0.5) is 16.2 Å². The summed E-state index contributed by atoms with van der Waals surface area (Å²) in [4.78, 5) is 27.8. The van der Waals surface area contributed by atoms with E-state index in [4.69, 9.17) is 16.3 Å². The molecule has 9 nitrogen and oxygen atoms in total. The van der Waals surface area contributed by atoms with Gasteiger partial charge in [0, 0.05) is 41.5 Å². The van der Waals surface area contributed by atoms with Crippen LogP contribution in [-0.2, 0) is 6.61 Å². The van der Waals surface area contributed by atoms with E-state index in [1.54, 1.807) is 50.0 Å². The molecule has 1 aliphatic rings. The summed E-state index contributed by atoms with van der Waals surface area (Å²) in [5.41, 5.74) is 2.37. The van der Waals surface area contributed by atoms with E-state index >= 15 is 0 Å². The molecule has 2 aromatic heterocycles. The third-order valence-corrected chi connectivity index (χ3v) is 5.86. The number of pyridine rings is 1. The molecule has 33 heavy (non-hydrogen) atoms. The Morgan fingerprint density at radius 2 is 1.91 bits per heavy atom. The fraction of sp³-hybridized carbons (Fsp3) is 0.304. The number of hydrogen-bond acceptors (Lipinski definition) is 7. The highest BCUT2D eigenvalue weighted by molar-refractivity contribution is 6.30. The number of hydrogen-bond donors (Lipinski definition) is 3. The molecule has 0 spiro atoms. The van der Waals surface area contributed by atoms with Gasteiger partial charge in [0.05, 0.1) is 31.4 Å². The summed E-state index contributed by atoms with van der Waals surface area (Å²) in [7, 11) is 1.60. The average molecular weight is 469 g/mol. The molecule has 0 saturated carbocycles. The van der Waals surface area contributed by atoms with Crippen LogP contribution in [0.25, 0.3) is 0 Å². The SMILES string of the molecule is COc1ccc(C2CN(c3cnc(CO)nc3)CCC2NC(=O)Nc2ccc(Cl)cc2)nc1. The maximum absolute atomic E-state index is 12.7. The minimum Gasteiger partial charge on any atom is -0.495 e. The molecule has 1 aliphatic heterocycles. The average Bonchev–Trinajstić information content (AvgIpc) is 2.86. The first kappa shape index (κ1) is 22.8. The fourth-order valence-corrected chi connectivity index (χ4v) is 3.98. The largest absolute Gasteiger partial charge is 0.495 e. The van der Waals surface area contributed by atoms with Gasteiger partial charge in [-0.3, -0.25) is 4.98 Å². The summed E-state index contributed by atoms with van der Waals surface area (Å²) in [6.45, 7) is 1.13. The number of rotatable bonds is 6. The number of methoxy groups -OCH3 is 1. The number of urea groups is 1. The van der Waals surface area contributed by atoms with Gasteiger partial charge in [0.1, 0.15) is 12.4 Å². The summed E-state index contributed by atoms with van der Waals surface area (Å²) >= 11 is 5.92. The second-order valence-corrected chi connectivity index (χ2v) is 8.13. The van der Waals surface area contributed by atoms with Gasteiger partial charge in [-0.15, -0.1) is 0 Å². The highest BCUT2D eigenvalue weighted by atomic mass is 35.5. The van der Waals surface area contributed by atoms with Gasteiger partial charge in [-0.2, -0.15) is 0 Å². The van der Waals surface area contributed by atoms with Crippen LogP contribution < -0.4 is 20.3 Å². The van der Waals surface area contributed by atoms with Crippen LogP contribution >= 0.6 is 11.6 Å². The standard InChI is InChI=1S/C23H25ClN6O3/c1-33-18-6-7-20(25-12-18)19-13-30(17-10-26-22(14-31)27-11-17)9-8-21(19)29-23(32)28-16-4-2-15(24)3-5-16/h2-7,10-12,19,21,31H,8-9,13-14H2,1H3,(H2,28,29,32). The Bertz CT molecular complexity index is 1060. The summed E-state index contributed by atoms with van der Waals surface area (Å²) in [6.07, 6.45) is 5.79. The number of aliphatic hydroxyl groups is 1. The number of nitrogens with zero attached hydrogens (tertiary/aromatic N) is 4. The second-order valence-electron chi connectivity index (χ2n) is 7.69. The van der Waals surface area contributed by atoms with Crippen LogP contribution in [0, 0.1) is 0 Å². The normalized spacial score (nSPS) is 18.0. The zero-order valence-electron chi connectivity index (χ0n) is 18.1. The maximum Gasteiger partial charge on any atom is 0.319 e. The number of nitrogens with one attached hydrogen (secondary N) is 2. The summed E-state index contributed by atoms with van der Waals surface area (Å²) < 4.78 is 5.24. The molecule has 3 N–H and O–H groups in total. The lowest BCUT2D eigenvalue weighted by molar-refractivity contribution is 0.243. The summed E-state index contributed by atoms with van der Waals surface area (Å²) in [5.74, 6) is 0.977. The Morgan fingerprint density at radius 1 is 1.15 bits per heavy atom. The number of aromatic nitrogens is 3. The lowest BCUT2D eigenvalue weighted by atomic mass is 9.88. The number of anilines is 2. The lowest BCUT2D eigenvalue weighted by Crippen LogP contribution is -2.51. The van der Waals surface area contributed by atoms with Crippen molar-refractivity contribution in [2.75, 3.05) is 30.4 Å². The number of ether oxygens (including phenoxy) is 1. The van der Waals surface area contributed by atoms with Gasteiger partial charge in [-0.1, -0.05) is 11.6 Å². The van der Waals surface area contributed by atoms with Crippen LogP contribution in [0.2, 0.25) is 5.02 Å². The molecule has 2 amide bonds. The Labute approximate surface area is 196 Å². The predicted molar refractivity (Wildman–Crippen MR) is 126 cm³/mol. The molecule has 3 heterocycles. The Kier molecular flexibility index (Phi) is 7.21. The second kappa shape index (κ2) is 10.5. The van der Waals surface area contributed by atoms with E-state index in [1.165, 1.54) is 0 Å². The van der Waals surface area contributed by atoms with E-state index in [-0.39, 0.29) is 24.6 Å². The Hall–Kier alpha value is -3.43. The van der Waals surface area contributed by atoms with Gasteiger partial charge < -0.3 is 25.4 Å². The van der Waals surface area contributed by atoms with Crippen molar-refractivity contribution < 1.29 is 14.6 Å². The predicted octanol–water partition coefficient (Wildman–Crippen LogP) is 3.21. The van der Waals surface area contributed by atoms with E-state index in [0.717, 1.165) is 11.4 Å². The monoisotopic (exact) mass is 468 g/mol. The third kappa shape index (κ3) is 5.68. The molecule has 1 saturated heterocycles. The van der Waals surface area contributed by atoms with Crippen LogP contribution in [0.5, 0.6) is 5.75 Å². The van der Waals surface area contributed by atoms with Crippen LogP contribution in [0.3, 0.4) is 0 Å². The van der Waals surface area contributed by atoms with Gasteiger partial charge >= 0.3 is 6.03 Å². The molecule has 4 rings (SSSR count). The molecule has 1 aromatic carbocycles. The Balaban J connectivity index is 1.51. The van der Waals surface area contributed by atoms with Crippen molar-refractivity contribution >= 4 is 29.0 Å². The zero-order valence-corrected chi connectivity index (χ0v) is 18.9. The molecule has 0 bridgehead atoms. The molecule has 0 radical (unpaired) electrons. The first-order valence-electron chi connectivity index (χ1n) is 10.6. The number of carbonyl (C=O) groups is 1. The van der Waals surface area contributed by atoms with Crippen LogP contribution in [0.15, 0.2) is 55.0 Å². The molecule has 3 aromatic rings. The first-order valence-corrected chi connectivity index (χ1v) is 10.9. The van der Waals surface area contributed by atoms with Gasteiger partial charge in [0.25, 0.3) is 0 Å². The minimum absolute atomic E-state index is 0.0712. The summed E-state index contributed by atoms with van der Waals surface area (Å²) in [5, 5.41) is 15.8. The number of amides is 2. The van der Waals surface area contributed by atoms with Crippen molar-refractivity contribution in [1.29, 1.82) is 0 Å². The highest BCUT2D eigenvalue weighted by Crippen LogP contribution is 2.30. The van der Waals surface area contributed by atoms with Gasteiger partial charge in [0.15, 0.2) is 5.82 Å². The number of halogens is 1. The van der Waals surface area contributed by atoms with Crippen molar-refractivity contribution in [3.63, 3.8) is 0 Å². The van der Waals surface area contributed by atoms with Crippen molar-refractivity contribution in [2.45, 2.75) is 25.0 Å². The topological polar surface area (TPSA) is 113 Å². The van der Waals surface area contributed by atoms with E-state index < -0.39 is 0 Å². The number of benzene rings is 1. The van der Waals surface area contributed by atoms with Gasteiger partial charge in [0.2, 0.25) is 0 Å². The minimum atomic E-state index is -0.287. The van der Waals surface area contributed by atoms with Crippen LogP contribution in [0.1, 0.15) is 23.9 Å². The molecule has 10 heteroatoms. The molecule has 2 unspecified atom stereocenters. The zero-order chi connectivity index (χ0) is 23.2. The fourth-order valence-electron chi connectivity index (χ4n) is 3.85. The molecule has 2 atom stereocenters. The van der Waals surface area contributed by atoms with E-state index in [0.29, 0.717) is 41.8 Å². The maximum atomic E-state index is 12.7. The van der Waals surface area contributed by atoms with Gasteiger partial charge in [-0.25, -0.2) is 14.8 Å². The van der Waals surface area contributed by atoms with Gasteiger partial charge in [-0.05, 0) is 42.8 Å². The van der Waals surface area contributed by atoms with Crippen molar-refractivity contribution in [3.05, 3.63) is 71.5 Å². The van der Waals surface area contributed by atoms with E-state index in [2.05, 4.69) is 30.5 Å². The molecule has 1 fully saturated rings.